The number of hydrogen-bond acceptors (Lipinski definition) is 8. The summed E-state index contributed by atoms with van der Waals surface area (Å²) in [5.41, 5.74) is 31.0. The standard InChI is InChI=1S/C32H49N9O5/c1-19-15-22(42)16-20(2)23(19)18-27(31(46)40-26(28(35)43)17-21-9-4-3-5-10-21)41-30(45)25(12-8-14-38-32(36)37)39-29(44)24(34)11-6-7-13-33/h3-5,9-10,15-16,24-27,42H,6-8,11-14,17-18,33-34H2,1-2H3,(H2,35,43)(H,39,44)(H,40,46)(H,41,45)(H4,36,37,38)/t24-,25+,26-,27-/m0/s1. The summed E-state index contributed by atoms with van der Waals surface area (Å²) in [6.45, 7) is 4.23. The molecule has 0 bridgehead atoms. The highest BCUT2D eigenvalue weighted by molar-refractivity contribution is 5.94. The largest absolute Gasteiger partial charge is 0.508 e. The van der Waals surface area contributed by atoms with Gasteiger partial charge in [-0.25, -0.2) is 0 Å². The molecule has 2 rings (SSSR count). The number of aryl methyl sites for hydroxylation is 2. The Balaban J connectivity index is 2.36. The van der Waals surface area contributed by atoms with Crippen LogP contribution in [0.15, 0.2) is 47.5 Å². The molecule has 0 aliphatic carbocycles. The topological polar surface area (TPSA) is 267 Å². The van der Waals surface area contributed by atoms with Gasteiger partial charge in [-0.15, -0.1) is 0 Å². The van der Waals surface area contributed by atoms with Gasteiger partial charge in [-0.05, 0) is 80.5 Å². The minimum absolute atomic E-state index is 0.0274. The summed E-state index contributed by atoms with van der Waals surface area (Å²) in [7, 11) is 0. The number of amides is 4. The number of rotatable bonds is 19. The highest BCUT2D eigenvalue weighted by Crippen LogP contribution is 2.22. The molecule has 0 unspecified atom stereocenters. The maximum Gasteiger partial charge on any atom is 0.243 e. The van der Waals surface area contributed by atoms with Crippen molar-refractivity contribution in [1.29, 1.82) is 0 Å². The molecular formula is C32H49N9O5. The van der Waals surface area contributed by atoms with E-state index in [0.29, 0.717) is 48.9 Å². The number of aliphatic imine (C=N–C) groups is 1. The molecule has 0 aliphatic heterocycles. The Bertz CT molecular complexity index is 1330. The molecule has 0 radical (unpaired) electrons. The van der Waals surface area contributed by atoms with Gasteiger partial charge in [0.05, 0.1) is 6.04 Å². The van der Waals surface area contributed by atoms with E-state index >= 15 is 0 Å². The lowest BCUT2D eigenvalue weighted by molar-refractivity contribution is -0.133. The van der Waals surface area contributed by atoms with Crippen LogP contribution in [-0.2, 0) is 32.0 Å². The number of nitrogens with zero attached hydrogens (tertiary/aromatic N) is 1. The molecule has 14 N–H and O–H groups in total. The van der Waals surface area contributed by atoms with Gasteiger partial charge in [-0.2, -0.15) is 0 Å². The maximum absolute atomic E-state index is 13.8. The number of nitrogens with one attached hydrogen (secondary N) is 3. The molecular weight excluding hydrogens is 590 g/mol. The van der Waals surface area contributed by atoms with Gasteiger partial charge < -0.3 is 49.7 Å². The van der Waals surface area contributed by atoms with Crippen molar-refractivity contribution in [3.8, 4) is 5.75 Å². The van der Waals surface area contributed by atoms with E-state index in [4.69, 9.17) is 28.7 Å². The van der Waals surface area contributed by atoms with E-state index in [-0.39, 0.29) is 37.5 Å². The summed E-state index contributed by atoms with van der Waals surface area (Å²) in [6.07, 6.45) is 2.38. The Morgan fingerprint density at radius 1 is 0.783 bits per heavy atom. The van der Waals surface area contributed by atoms with E-state index in [2.05, 4.69) is 20.9 Å². The number of carbonyl (C=O) groups excluding carboxylic acids is 4. The Kier molecular flexibility index (Phi) is 15.5. The van der Waals surface area contributed by atoms with E-state index < -0.39 is 47.8 Å². The summed E-state index contributed by atoms with van der Waals surface area (Å²) in [6, 6.07) is 7.99. The fourth-order valence-electron chi connectivity index (χ4n) is 5.01. The number of primary amides is 1. The Labute approximate surface area is 269 Å². The van der Waals surface area contributed by atoms with Gasteiger partial charge in [-0.1, -0.05) is 36.8 Å². The van der Waals surface area contributed by atoms with Gasteiger partial charge in [0.2, 0.25) is 23.6 Å². The smallest absolute Gasteiger partial charge is 0.243 e. The predicted molar refractivity (Wildman–Crippen MR) is 177 cm³/mol. The van der Waals surface area contributed by atoms with E-state index in [0.717, 1.165) is 5.56 Å². The van der Waals surface area contributed by atoms with Crippen LogP contribution in [0.3, 0.4) is 0 Å². The third kappa shape index (κ3) is 12.7. The zero-order valence-corrected chi connectivity index (χ0v) is 26.6. The molecule has 46 heavy (non-hydrogen) atoms. The first kappa shape index (κ1) is 37.5. The van der Waals surface area contributed by atoms with Crippen molar-refractivity contribution in [1.82, 2.24) is 16.0 Å². The number of carbonyl (C=O) groups is 4. The van der Waals surface area contributed by atoms with Crippen LogP contribution in [0.2, 0.25) is 0 Å². The Morgan fingerprint density at radius 2 is 1.37 bits per heavy atom. The minimum Gasteiger partial charge on any atom is -0.508 e. The summed E-state index contributed by atoms with van der Waals surface area (Å²) < 4.78 is 0. The number of phenols is 1. The predicted octanol–water partition coefficient (Wildman–Crippen LogP) is -0.756. The molecule has 0 fully saturated rings. The Morgan fingerprint density at radius 3 is 1.96 bits per heavy atom. The number of benzene rings is 2. The molecule has 0 aliphatic rings. The molecule has 4 atom stereocenters. The van der Waals surface area contributed by atoms with Crippen LogP contribution >= 0.6 is 0 Å². The van der Waals surface area contributed by atoms with Crippen molar-refractivity contribution in [3.63, 3.8) is 0 Å². The summed E-state index contributed by atoms with van der Waals surface area (Å²) >= 11 is 0. The zero-order valence-electron chi connectivity index (χ0n) is 26.6. The van der Waals surface area contributed by atoms with Crippen LogP contribution in [0.1, 0.15) is 54.4 Å². The average molecular weight is 640 g/mol. The number of unbranched alkanes of at least 4 members (excludes halogenated alkanes) is 1. The first-order chi connectivity index (χ1) is 21.8. The third-order valence-corrected chi connectivity index (χ3v) is 7.55. The van der Waals surface area contributed by atoms with E-state index in [9.17, 15) is 24.3 Å². The van der Waals surface area contributed by atoms with Crippen molar-refractivity contribution in [2.24, 2.45) is 33.7 Å². The lowest BCUT2D eigenvalue weighted by Gasteiger charge is -2.26. The lowest BCUT2D eigenvalue weighted by atomic mass is 9.94. The van der Waals surface area contributed by atoms with Crippen molar-refractivity contribution in [3.05, 3.63) is 64.7 Å². The number of nitrogens with two attached hydrogens (primary N) is 5. The van der Waals surface area contributed by atoms with Crippen molar-refractivity contribution < 1.29 is 24.3 Å². The molecule has 0 heterocycles. The van der Waals surface area contributed by atoms with Gasteiger partial charge >= 0.3 is 0 Å². The van der Waals surface area contributed by atoms with Crippen LogP contribution < -0.4 is 44.6 Å². The van der Waals surface area contributed by atoms with Gasteiger partial charge in [-0.3, -0.25) is 24.2 Å². The number of guanidine groups is 1. The van der Waals surface area contributed by atoms with Crippen LogP contribution in [0.4, 0.5) is 0 Å². The SMILES string of the molecule is Cc1cc(O)cc(C)c1C[C@H](NC(=O)[C@@H](CCCN=C(N)N)NC(=O)[C@@H](N)CCCCN)C(=O)N[C@@H](Cc1ccccc1)C(N)=O. The lowest BCUT2D eigenvalue weighted by Crippen LogP contribution is -2.58. The molecule has 2 aromatic carbocycles. The summed E-state index contributed by atoms with van der Waals surface area (Å²) in [4.78, 5) is 56.8. The molecule has 252 valence electrons. The van der Waals surface area contributed by atoms with Crippen LogP contribution in [0, 0.1) is 13.8 Å². The van der Waals surface area contributed by atoms with E-state index in [1.807, 2.05) is 6.07 Å². The number of hydrogen-bond donors (Lipinski definition) is 9. The second-order valence-corrected chi connectivity index (χ2v) is 11.4. The highest BCUT2D eigenvalue weighted by Gasteiger charge is 2.31. The third-order valence-electron chi connectivity index (χ3n) is 7.55. The van der Waals surface area contributed by atoms with Crippen LogP contribution in [0.5, 0.6) is 5.75 Å². The summed E-state index contributed by atoms with van der Waals surface area (Å²) in [5.74, 6) is -2.60. The van der Waals surface area contributed by atoms with Gasteiger partial charge in [0, 0.05) is 19.4 Å². The molecule has 0 saturated heterocycles. The average Bonchev–Trinajstić information content (AvgIpc) is 2.99. The normalized spacial score (nSPS) is 13.5. The number of aromatic hydroxyl groups is 1. The second-order valence-electron chi connectivity index (χ2n) is 11.4. The monoisotopic (exact) mass is 639 g/mol. The Hall–Kier alpha value is -4.69. The van der Waals surface area contributed by atoms with Gasteiger partial charge in [0.25, 0.3) is 0 Å². The zero-order chi connectivity index (χ0) is 34.2. The van der Waals surface area contributed by atoms with Gasteiger partial charge in [0.15, 0.2) is 5.96 Å². The quantitative estimate of drug-likeness (QED) is 0.0530. The van der Waals surface area contributed by atoms with E-state index in [1.54, 1.807) is 50.2 Å². The highest BCUT2D eigenvalue weighted by atomic mass is 16.3. The fraction of sp³-hybridized carbons (Fsp3) is 0.469. The van der Waals surface area contributed by atoms with Crippen molar-refractivity contribution in [2.45, 2.75) is 83.0 Å². The molecule has 0 aromatic heterocycles. The van der Waals surface area contributed by atoms with Gasteiger partial charge in [0.1, 0.15) is 23.9 Å². The van der Waals surface area contributed by atoms with E-state index in [1.165, 1.54) is 0 Å². The number of phenolic OH excluding ortho intramolecular Hbond substituents is 1. The fourth-order valence-corrected chi connectivity index (χ4v) is 5.01. The second kappa shape index (κ2) is 19.0. The minimum atomic E-state index is -1.18. The van der Waals surface area contributed by atoms with Crippen molar-refractivity contribution >= 4 is 29.6 Å². The van der Waals surface area contributed by atoms with Crippen LogP contribution in [-0.4, -0.2) is 72.0 Å². The first-order valence-corrected chi connectivity index (χ1v) is 15.4. The molecule has 0 spiro atoms. The first-order valence-electron chi connectivity index (χ1n) is 15.4. The van der Waals surface area contributed by atoms with Crippen LogP contribution in [0.25, 0.3) is 0 Å². The maximum atomic E-state index is 13.8. The molecule has 14 heteroatoms. The summed E-state index contributed by atoms with van der Waals surface area (Å²) in [5, 5.41) is 18.2. The molecule has 4 amide bonds. The molecule has 14 nitrogen and oxygen atoms in total. The van der Waals surface area contributed by atoms with Crippen molar-refractivity contribution in [2.75, 3.05) is 13.1 Å². The molecule has 0 saturated carbocycles. The molecule has 2 aromatic rings.